The molecule has 40 heavy (non-hydrogen) atoms. The van der Waals surface area contributed by atoms with Gasteiger partial charge in [0.2, 0.25) is 5.91 Å². The number of ether oxygens (including phenoxy) is 1. The zero-order valence-corrected chi connectivity index (χ0v) is 23.7. The van der Waals surface area contributed by atoms with Crippen molar-refractivity contribution in [3.63, 3.8) is 0 Å². The first kappa shape index (κ1) is 26.1. The third-order valence-electron chi connectivity index (χ3n) is 8.80. The van der Waals surface area contributed by atoms with Crippen LogP contribution in [0.3, 0.4) is 0 Å². The molecule has 3 aliphatic heterocycles. The molecule has 1 saturated heterocycles. The van der Waals surface area contributed by atoms with E-state index in [2.05, 4.69) is 22.4 Å². The molecule has 6 nitrogen and oxygen atoms in total. The van der Waals surface area contributed by atoms with Crippen molar-refractivity contribution in [2.45, 2.75) is 52.1 Å². The third kappa shape index (κ3) is 3.51. The van der Waals surface area contributed by atoms with E-state index in [1.165, 1.54) is 0 Å². The van der Waals surface area contributed by atoms with Gasteiger partial charge in [-0.2, -0.15) is 0 Å². The monoisotopic (exact) mass is 534 g/mol. The number of nitrogens with one attached hydrogen (secondary N) is 1. The lowest BCUT2D eigenvalue weighted by atomic mass is 9.63. The van der Waals surface area contributed by atoms with Gasteiger partial charge in [-0.05, 0) is 67.4 Å². The van der Waals surface area contributed by atoms with Gasteiger partial charge in [0.05, 0.1) is 19.1 Å². The molecule has 1 amide bonds. The van der Waals surface area contributed by atoms with Crippen molar-refractivity contribution in [3.05, 3.63) is 95.1 Å². The molecule has 0 saturated carbocycles. The minimum atomic E-state index is -1.30. The van der Waals surface area contributed by atoms with E-state index in [4.69, 9.17) is 4.74 Å². The number of ketones is 2. The molecule has 3 aromatic carbocycles. The fourth-order valence-electron chi connectivity index (χ4n) is 6.92. The zero-order chi connectivity index (χ0) is 28.6. The number of anilines is 2. The van der Waals surface area contributed by atoms with Gasteiger partial charge in [-0.25, -0.2) is 0 Å². The second-order valence-corrected chi connectivity index (χ2v) is 12.2. The predicted octanol–water partition coefficient (Wildman–Crippen LogP) is 5.98. The van der Waals surface area contributed by atoms with Gasteiger partial charge in [0.25, 0.3) is 0 Å². The molecule has 4 atom stereocenters. The summed E-state index contributed by atoms with van der Waals surface area (Å²) in [6, 6.07) is 19.3. The van der Waals surface area contributed by atoms with E-state index in [0.29, 0.717) is 17.0 Å². The smallest absolute Gasteiger partial charge is 0.238 e. The van der Waals surface area contributed by atoms with Crippen LogP contribution in [0.5, 0.6) is 5.75 Å². The Hall–Kier alpha value is -4.19. The van der Waals surface area contributed by atoms with Crippen LogP contribution in [0, 0.1) is 18.3 Å². The second kappa shape index (κ2) is 8.91. The average molecular weight is 535 g/mol. The van der Waals surface area contributed by atoms with E-state index >= 15 is 0 Å². The number of Topliss-reactive ketones (excluding diaryl/α,β-unsaturated/α-hetero) is 2. The van der Waals surface area contributed by atoms with Crippen molar-refractivity contribution in [2.75, 3.05) is 17.3 Å². The normalized spacial score (nSPS) is 24.6. The number of nitrogens with zero attached hydrogens (tertiary/aromatic N) is 1. The number of carbonyl (C=O) groups is 3. The molecule has 1 fully saturated rings. The van der Waals surface area contributed by atoms with Crippen LogP contribution < -0.4 is 15.0 Å². The molecule has 204 valence electrons. The maximum Gasteiger partial charge on any atom is 0.238 e. The number of methoxy groups -OCH3 is 1. The first-order chi connectivity index (χ1) is 19.0. The van der Waals surface area contributed by atoms with Crippen molar-refractivity contribution in [1.82, 2.24) is 0 Å². The number of aryl methyl sites for hydroxylation is 1. The molecule has 1 N–H and O–H groups in total. The van der Waals surface area contributed by atoms with Crippen LogP contribution in [-0.2, 0) is 15.0 Å². The fourth-order valence-corrected chi connectivity index (χ4v) is 6.92. The van der Waals surface area contributed by atoms with Crippen LogP contribution in [0.4, 0.5) is 11.4 Å². The summed E-state index contributed by atoms with van der Waals surface area (Å²) < 4.78 is 5.33. The number of fused-ring (bicyclic) bond motifs is 6. The molecule has 0 bridgehead atoms. The minimum absolute atomic E-state index is 0.0714. The summed E-state index contributed by atoms with van der Waals surface area (Å²) in [4.78, 5) is 45.8. The minimum Gasteiger partial charge on any atom is -0.497 e. The van der Waals surface area contributed by atoms with Crippen molar-refractivity contribution < 1.29 is 19.1 Å². The number of carbonyl (C=O) groups excluding carboxylic acids is 3. The molecule has 0 aromatic heterocycles. The van der Waals surface area contributed by atoms with Crippen LogP contribution in [0.15, 0.2) is 72.8 Å². The van der Waals surface area contributed by atoms with Crippen molar-refractivity contribution >= 4 is 34.4 Å². The van der Waals surface area contributed by atoms with E-state index in [1.807, 2.05) is 71.0 Å². The second-order valence-electron chi connectivity index (χ2n) is 12.2. The van der Waals surface area contributed by atoms with E-state index in [0.717, 1.165) is 28.0 Å². The quantitative estimate of drug-likeness (QED) is 0.417. The Kier molecular flexibility index (Phi) is 5.81. The van der Waals surface area contributed by atoms with Crippen molar-refractivity contribution in [2.24, 2.45) is 11.3 Å². The van der Waals surface area contributed by atoms with Crippen molar-refractivity contribution in [3.8, 4) is 5.75 Å². The lowest BCUT2D eigenvalue weighted by Gasteiger charge is -2.40. The van der Waals surface area contributed by atoms with Crippen LogP contribution >= 0.6 is 0 Å². The molecule has 3 aromatic rings. The average Bonchev–Trinajstić information content (AvgIpc) is 3.39. The molecule has 3 heterocycles. The van der Waals surface area contributed by atoms with Gasteiger partial charge >= 0.3 is 0 Å². The highest BCUT2D eigenvalue weighted by Crippen LogP contribution is 2.59. The van der Waals surface area contributed by atoms with Gasteiger partial charge in [0.15, 0.2) is 11.6 Å². The van der Waals surface area contributed by atoms with Gasteiger partial charge in [-0.15, -0.1) is 0 Å². The lowest BCUT2D eigenvalue weighted by Crippen LogP contribution is -2.51. The van der Waals surface area contributed by atoms with Gasteiger partial charge in [0.1, 0.15) is 17.2 Å². The number of hydrogen-bond acceptors (Lipinski definition) is 5. The summed E-state index contributed by atoms with van der Waals surface area (Å²) in [6.45, 7) is 9.73. The summed E-state index contributed by atoms with van der Waals surface area (Å²) in [5, 5.41) is 3.09. The highest BCUT2D eigenvalue weighted by molar-refractivity contribution is 6.17. The summed E-state index contributed by atoms with van der Waals surface area (Å²) in [5.41, 5.74) is 3.84. The van der Waals surface area contributed by atoms with E-state index in [9.17, 15) is 14.4 Å². The first-order valence-corrected chi connectivity index (χ1v) is 13.7. The number of hydrogen-bond donors (Lipinski definition) is 1. The standard InChI is InChI=1S/C34H34N2O4/c1-19-11-16-26-23(17-19)20(2)18-27-34(24-9-7-8-10-25(24)35-32(34)39)28(29(36(26)27)31(38)33(3,4)5)30(37)21-12-14-22(40-6)15-13-21/h7-18,27-29H,1-6H3,(H,35,39)/t27-,28-,29+,34-/m0/s1. The molecular formula is C34H34N2O4. The summed E-state index contributed by atoms with van der Waals surface area (Å²) in [7, 11) is 1.58. The lowest BCUT2D eigenvalue weighted by molar-refractivity contribution is -0.128. The molecule has 0 unspecified atom stereocenters. The highest BCUT2D eigenvalue weighted by Gasteiger charge is 2.71. The first-order valence-electron chi connectivity index (χ1n) is 13.7. The maximum absolute atomic E-state index is 14.8. The fraction of sp³-hybridized carbons (Fsp3) is 0.324. The van der Waals surface area contributed by atoms with Crippen LogP contribution in [0.2, 0.25) is 0 Å². The SMILES string of the molecule is COc1ccc(C(=O)[C@@H]2[C@H](C(=O)C(C)(C)C)N3c4ccc(C)cc4C(C)=C[C@H]3[C@]23C(=O)Nc2ccccc23)cc1. The van der Waals surface area contributed by atoms with Crippen LogP contribution in [-0.4, -0.2) is 36.7 Å². The molecule has 3 aliphatic rings. The summed E-state index contributed by atoms with van der Waals surface area (Å²) in [6.07, 6.45) is 2.09. The summed E-state index contributed by atoms with van der Waals surface area (Å²) >= 11 is 0. The van der Waals surface area contributed by atoms with Gasteiger partial charge < -0.3 is 15.0 Å². The Morgan fingerprint density at radius 2 is 1.68 bits per heavy atom. The molecular weight excluding hydrogens is 500 g/mol. The largest absolute Gasteiger partial charge is 0.497 e. The molecule has 6 rings (SSSR count). The highest BCUT2D eigenvalue weighted by atomic mass is 16.5. The Balaban J connectivity index is 1.69. The van der Waals surface area contributed by atoms with E-state index in [-0.39, 0.29) is 17.5 Å². The van der Waals surface area contributed by atoms with Gasteiger partial charge in [-0.3, -0.25) is 14.4 Å². The van der Waals surface area contributed by atoms with Crippen LogP contribution in [0.1, 0.15) is 54.7 Å². The molecule has 1 spiro atoms. The number of amides is 1. The van der Waals surface area contributed by atoms with Gasteiger partial charge in [0, 0.05) is 27.9 Å². The Morgan fingerprint density at radius 1 is 0.975 bits per heavy atom. The van der Waals surface area contributed by atoms with E-state index in [1.54, 1.807) is 31.4 Å². The van der Waals surface area contributed by atoms with Crippen LogP contribution in [0.25, 0.3) is 5.57 Å². The van der Waals surface area contributed by atoms with Gasteiger partial charge in [-0.1, -0.05) is 56.7 Å². The zero-order valence-electron chi connectivity index (χ0n) is 23.7. The van der Waals surface area contributed by atoms with Crippen molar-refractivity contribution in [1.29, 1.82) is 0 Å². The van der Waals surface area contributed by atoms with E-state index < -0.39 is 28.8 Å². The summed E-state index contributed by atoms with van der Waals surface area (Å²) in [5.74, 6) is -0.884. The Bertz CT molecular complexity index is 1600. The molecule has 6 heteroatoms. The number of benzene rings is 3. The number of rotatable bonds is 4. The Labute approximate surface area is 235 Å². The maximum atomic E-state index is 14.8. The Morgan fingerprint density at radius 3 is 2.35 bits per heavy atom. The number of para-hydroxylation sites is 1. The third-order valence-corrected chi connectivity index (χ3v) is 8.80. The number of allylic oxidation sites excluding steroid dienone is 1. The topological polar surface area (TPSA) is 75.7 Å². The predicted molar refractivity (Wildman–Crippen MR) is 157 cm³/mol. The molecule has 0 aliphatic carbocycles. The molecule has 0 radical (unpaired) electrons.